The number of β-lactam (4-membered cyclic amide) rings is 1. The number of thioether (sulfide) groups is 1. The van der Waals surface area contributed by atoms with E-state index >= 15 is 0 Å². The highest BCUT2D eigenvalue weighted by Gasteiger charge is 2.59. The van der Waals surface area contributed by atoms with Gasteiger partial charge in [0.25, 0.3) is 0 Å². The molecule has 0 aliphatic carbocycles. The van der Waals surface area contributed by atoms with Crippen molar-refractivity contribution in [3.05, 3.63) is 12.2 Å². The fourth-order valence-corrected chi connectivity index (χ4v) is 3.83. The number of aliphatic carboxylic acids is 1. The van der Waals surface area contributed by atoms with E-state index in [0.717, 1.165) is 0 Å². The van der Waals surface area contributed by atoms with Crippen molar-refractivity contribution in [1.82, 2.24) is 4.90 Å². The summed E-state index contributed by atoms with van der Waals surface area (Å²) in [5, 5.41) is 9.10. The van der Waals surface area contributed by atoms with Gasteiger partial charge in [0.15, 0.2) is 0 Å². The Bertz CT molecular complexity index is 394. The molecule has 2 heterocycles. The van der Waals surface area contributed by atoms with Crippen LogP contribution in [0.4, 0.5) is 0 Å². The molecule has 0 aromatic carbocycles. The van der Waals surface area contributed by atoms with Crippen molar-refractivity contribution in [3.8, 4) is 0 Å². The standard InChI is InChI=1S/C10H11NO4S/c1-10(3-2-4-12)8(9(14)15)11-6(13)5-7(11)16-10/h2-4,7-8H,5H2,1H3,(H,14,15)/t7-,8+,10+/m1/s1. The highest BCUT2D eigenvalue weighted by atomic mass is 32.2. The molecule has 16 heavy (non-hydrogen) atoms. The van der Waals surface area contributed by atoms with Crippen molar-refractivity contribution >= 4 is 29.9 Å². The van der Waals surface area contributed by atoms with Crippen LogP contribution in [0.2, 0.25) is 0 Å². The molecule has 0 saturated carbocycles. The van der Waals surface area contributed by atoms with Crippen LogP contribution >= 0.6 is 11.8 Å². The topological polar surface area (TPSA) is 74.7 Å². The molecule has 0 aromatic heterocycles. The number of aldehydes is 1. The number of carbonyl (C=O) groups excluding carboxylic acids is 2. The summed E-state index contributed by atoms with van der Waals surface area (Å²) in [6, 6.07) is -0.875. The zero-order valence-corrected chi connectivity index (χ0v) is 9.44. The van der Waals surface area contributed by atoms with Crippen molar-refractivity contribution < 1.29 is 19.5 Å². The number of nitrogens with zero attached hydrogens (tertiary/aromatic N) is 1. The van der Waals surface area contributed by atoms with Gasteiger partial charge in [-0.25, -0.2) is 4.79 Å². The molecule has 6 heteroatoms. The lowest BCUT2D eigenvalue weighted by Gasteiger charge is -2.36. The summed E-state index contributed by atoms with van der Waals surface area (Å²) < 4.78 is -0.719. The van der Waals surface area contributed by atoms with Crippen LogP contribution < -0.4 is 0 Å². The number of hydrogen-bond acceptors (Lipinski definition) is 4. The quantitative estimate of drug-likeness (QED) is 0.436. The lowest BCUT2D eigenvalue weighted by atomic mass is 9.96. The van der Waals surface area contributed by atoms with Gasteiger partial charge >= 0.3 is 5.97 Å². The molecule has 86 valence electrons. The Labute approximate surface area is 96.5 Å². The number of rotatable bonds is 3. The predicted molar refractivity (Wildman–Crippen MR) is 57.9 cm³/mol. The molecule has 1 amide bonds. The zero-order valence-electron chi connectivity index (χ0n) is 8.62. The second-order valence-electron chi connectivity index (χ2n) is 4.00. The van der Waals surface area contributed by atoms with E-state index in [9.17, 15) is 14.4 Å². The average molecular weight is 241 g/mol. The van der Waals surface area contributed by atoms with Gasteiger partial charge < -0.3 is 10.0 Å². The smallest absolute Gasteiger partial charge is 0.328 e. The van der Waals surface area contributed by atoms with E-state index in [-0.39, 0.29) is 11.3 Å². The summed E-state index contributed by atoms with van der Waals surface area (Å²) in [6.07, 6.45) is 3.86. The molecule has 2 aliphatic heterocycles. The van der Waals surface area contributed by atoms with E-state index in [1.54, 1.807) is 13.0 Å². The first-order valence-corrected chi connectivity index (χ1v) is 5.72. The lowest BCUT2D eigenvalue weighted by molar-refractivity contribution is -0.156. The van der Waals surface area contributed by atoms with Gasteiger partial charge in [0.2, 0.25) is 5.91 Å². The van der Waals surface area contributed by atoms with E-state index < -0.39 is 16.8 Å². The summed E-state index contributed by atoms with van der Waals surface area (Å²) in [4.78, 5) is 34.2. The third-order valence-electron chi connectivity index (χ3n) is 2.90. The molecule has 0 radical (unpaired) electrons. The Hall–Kier alpha value is -1.30. The van der Waals surface area contributed by atoms with Gasteiger partial charge in [-0.3, -0.25) is 9.59 Å². The van der Waals surface area contributed by atoms with Crippen LogP contribution in [0.5, 0.6) is 0 Å². The number of allylic oxidation sites excluding steroid dienone is 1. The van der Waals surface area contributed by atoms with Crippen molar-refractivity contribution in [2.45, 2.75) is 29.5 Å². The first-order valence-electron chi connectivity index (χ1n) is 4.84. The van der Waals surface area contributed by atoms with Crippen molar-refractivity contribution in [2.24, 2.45) is 0 Å². The molecule has 3 atom stereocenters. The molecule has 0 bridgehead atoms. The van der Waals surface area contributed by atoms with Crippen LogP contribution in [0.25, 0.3) is 0 Å². The van der Waals surface area contributed by atoms with Crippen LogP contribution in [0.3, 0.4) is 0 Å². The molecule has 0 aromatic rings. The minimum absolute atomic E-state index is 0.0603. The second kappa shape index (κ2) is 3.62. The Kier molecular flexibility index (Phi) is 2.53. The number of fused-ring (bicyclic) bond motifs is 1. The van der Waals surface area contributed by atoms with Gasteiger partial charge in [-0.2, -0.15) is 0 Å². The molecule has 5 nitrogen and oxygen atoms in total. The largest absolute Gasteiger partial charge is 0.480 e. The fraction of sp³-hybridized carbons (Fsp3) is 0.500. The van der Waals surface area contributed by atoms with Crippen LogP contribution in [0, 0.1) is 0 Å². The molecule has 2 saturated heterocycles. The van der Waals surface area contributed by atoms with Crippen LogP contribution in [-0.2, 0) is 14.4 Å². The Morgan fingerprint density at radius 1 is 1.69 bits per heavy atom. The van der Waals surface area contributed by atoms with Gasteiger partial charge in [-0.05, 0) is 13.0 Å². The maximum Gasteiger partial charge on any atom is 0.328 e. The normalized spacial score (nSPS) is 37.3. The molecule has 1 N–H and O–H groups in total. The third-order valence-corrected chi connectivity index (χ3v) is 4.43. The van der Waals surface area contributed by atoms with E-state index in [0.29, 0.717) is 12.7 Å². The predicted octanol–water partition coefficient (Wildman–Crippen LogP) is 0.259. The molecule has 0 spiro atoms. The molecule has 2 rings (SSSR count). The minimum atomic E-state index is -1.03. The monoisotopic (exact) mass is 241 g/mol. The average Bonchev–Trinajstić information content (AvgIpc) is 2.45. The molecule has 0 unspecified atom stereocenters. The molecule has 2 aliphatic rings. The maximum absolute atomic E-state index is 11.3. The highest BCUT2D eigenvalue weighted by molar-refractivity contribution is 8.01. The van der Waals surface area contributed by atoms with E-state index in [1.165, 1.54) is 22.7 Å². The third kappa shape index (κ3) is 1.44. The van der Waals surface area contributed by atoms with Gasteiger partial charge in [0, 0.05) is 0 Å². The van der Waals surface area contributed by atoms with E-state index in [1.807, 2.05) is 0 Å². The van der Waals surface area contributed by atoms with Crippen LogP contribution in [0.1, 0.15) is 13.3 Å². The van der Waals surface area contributed by atoms with Gasteiger partial charge in [-0.1, -0.05) is 6.08 Å². The van der Waals surface area contributed by atoms with Crippen molar-refractivity contribution in [2.75, 3.05) is 0 Å². The Balaban J connectivity index is 2.32. The Morgan fingerprint density at radius 3 is 2.88 bits per heavy atom. The van der Waals surface area contributed by atoms with Gasteiger partial charge in [0.05, 0.1) is 16.5 Å². The number of amides is 1. The summed E-state index contributed by atoms with van der Waals surface area (Å²) in [7, 11) is 0. The lowest BCUT2D eigenvalue weighted by Crippen LogP contribution is -2.57. The number of carboxylic acid groups (broad SMARTS) is 1. The summed E-state index contributed by atoms with van der Waals surface area (Å²) in [5.41, 5.74) is 0. The molecular weight excluding hydrogens is 230 g/mol. The zero-order chi connectivity index (χ0) is 11.9. The summed E-state index contributed by atoms with van der Waals surface area (Å²) in [5.74, 6) is -1.16. The van der Waals surface area contributed by atoms with Gasteiger partial charge in [-0.15, -0.1) is 11.8 Å². The SMILES string of the molecule is C[C@@]1(C=CC=O)S[C@@H]2CC(=O)N2[C@H]1C(=O)O. The van der Waals surface area contributed by atoms with Crippen LogP contribution in [0.15, 0.2) is 12.2 Å². The van der Waals surface area contributed by atoms with Gasteiger partial charge in [0.1, 0.15) is 12.3 Å². The Morgan fingerprint density at radius 2 is 2.38 bits per heavy atom. The summed E-state index contributed by atoms with van der Waals surface area (Å²) in [6.45, 7) is 1.74. The fourth-order valence-electron chi connectivity index (χ4n) is 2.17. The van der Waals surface area contributed by atoms with E-state index in [2.05, 4.69) is 0 Å². The first kappa shape index (κ1) is 11.2. The number of carboxylic acids is 1. The molecular formula is C10H11NO4S. The summed E-state index contributed by atoms with van der Waals surface area (Å²) >= 11 is 1.42. The van der Waals surface area contributed by atoms with Crippen molar-refractivity contribution in [1.29, 1.82) is 0 Å². The first-order chi connectivity index (χ1) is 7.49. The number of hydrogen-bond donors (Lipinski definition) is 1. The second-order valence-corrected chi connectivity index (χ2v) is 5.66. The minimum Gasteiger partial charge on any atom is -0.480 e. The number of carbonyl (C=O) groups is 3. The maximum atomic E-state index is 11.3. The van der Waals surface area contributed by atoms with E-state index in [4.69, 9.17) is 5.11 Å². The highest BCUT2D eigenvalue weighted by Crippen LogP contribution is 2.51. The molecule has 2 fully saturated rings. The van der Waals surface area contributed by atoms with Crippen molar-refractivity contribution in [3.63, 3.8) is 0 Å². The van der Waals surface area contributed by atoms with Crippen LogP contribution in [-0.4, -0.2) is 44.3 Å².